The maximum absolute atomic E-state index is 12.0. The number of benzene rings is 1. The van der Waals surface area contributed by atoms with Crippen molar-refractivity contribution in [3.8, 4) is 0 Å². The number of anilines is 1. The minimum Gasteiger partial charge on any atom is -0.399 e. The lowest BCUT2D eigenvalue weighted by Crippen LogP contribution is -2.39. The number of nitrogens with two attached hydrogens (primary N) is 1. The standard InChI is InChI=1S/C12H18ClNO3S/c1-3-12(13,18(16,17)4-2)11(15)9-5-7-10(14)8-6-9/h5-8,11,15H,3-4,14H2,1-2H3/t11-,12-/m1/s1. The average Bonchev–Trinajstić information content (AvgIpc) is 2.37. The van der Waals surface area contributed by atoms with Crippen molar-refractivity contribution in [2.24, 2.45) is 0 Å². The van der Waals surface area contributed by atoms with Crippen molar-refractivity contribution < 1.29 is 13.5 Å². The molecule has 0 radical (unpaired) electrons. The molecule has 0 bridgehead atoms. The van der Waals surface area contributed by atoms with Crippen molar-refractivity contribution in [1.29, 1.82) is 0 Å². The van der Waals surface area contributed by atoms with Gasteiger partial charge in [-0.3, -0.25) is 0 Å². The monoisotopic (exact) mass is 291 g/mol. The molecule has 2 atom stereocenters. The number of aliphatic hydroxyl groups excluding tert-OH is 1. The van der Waals surface area contributed by atoms with Crippen LogP contribution in [0.3, 0.4) is 0 Å². The quantitative estimate of drug-likeness (QED) is 0.643. The molecule has 0 aliphatic carbocycles. The van der Waals surface area contributed by atoms with Crippen molar-refractivity contribution in [1.82, 2.24) is 0 Å². The van der Waals surface area contributed by atoms with Crippen molar-refractivity contribution in [3.63, 3.8) is 0 Å². The van der Waals surface area contributed by atoms with Gasteiger partial charge in [0, 0.05) is 11.4 Å². The van der Waals surface area contributed by atoms with E-state index in [0.717, 1.165) is 0 Å². The highest BCUT2D eigenvalue weighted by Gasteiger charge is 2.46. The number of alkyl halides is 1. The van der Waals surface area contributed by atoms with Crippen LogP contribution < -0.4 is 5.73 Å². The lowest BCUT2D eigenvalue weighted by Gasteiger charge is -2.30. The van der Waals surface area contributed by atoms with E-state index in [1.54, 1.807) is 31.2 Å². The number of sulfone groups is 1. The summed E-state index contributed by atoms with van der Waals surface area (Å²) >= 11 is 6.17. The highest BCUT2D eigenvalue weighted by atomic mass is 35.5. The Morgan fingerprint density at radius 2 is 1.83 bits per heavy atom. The van der Waals surface area contributed by atoms with Crippen LogP contribution in [-0.2, 0) is 9.84 Å². The minimum absolute atomic E-state index is 0.115. The van der Waals surface area contributed by atoms with E-state index < -0.39 is 20.1 Å². The Bertz CT molecular complexity index is 501. The van der Waals surface area contributed by atoms with E-state index in [4.69, 9.17) is 17.3 Å². The molecule has 4 nitrogen and oxygen atoms in total. The van der Waals surface area contributed by atoms with Crippen LogP contribution in [0.2, 0.25) is 0 Å². The van der Waals surface area contributed by atoms with Crippen LogP contribution in [0, 0.1) is 0 Å². The van der Waals surface area contributed by atoms with Gasteiger partial charge in [0.2, 0.25) is 0 Å². The molecular weight excluding hydrogens is 274 g/mol. The molecule has 0 aliphatic heterocycles. The lowest BCUT2D eigenvalue weighted by atomic mass is 10.0. The van der Waals surface area contributed by atoms with Gasteiger partial charge >= 0.3 is 0 Å². The van der Waals surface area contributed by atoms with Crippen LogP contribution in [0.5, 0.6) is 0 Å². The fourth-order valence-electron chi connectivity index (χ4n) is 1.75. The van der Waals surface area contributed by atoms with Gasteiger partial charge in [0.1, 0.15) is 6.10 Å². The summed E-state index contributed by atoms with van der Waals surface area (Å²) in [5, 5.41) is 10.2. The van der Waals surface area contributed by atoms with E-state index in [-0.39, 0.29) is 12.2 Å². The largest absolute Gasteiger partial charge is 0.399 e. The molecule has 3 N–H and O–H groups in total. The second-order valence-electron chi connectivity index (χ2n) is 4.11. The van der Waals surface area contributed by atoms with Gasteiger partial charge in [-0.1, -0.05) is 37.6 Å². The number of nitrogen functional groups attached to an aromatic ring is 1. The molecule has 0 unspecified atom stereocenters. The predicted molar refractivity (Wildman–Crippen MR) is 74.2 cm³/mol. The molecule has 0 saturated heterocycles. The van der Waals surface area contributed by atoms with Gasteiger partial charge in [-0.25, -0.2) is 8.42 Å². The minimum atomic E-state index is -3.58. The predicted octanol–water partition coefficient (Wildman–Crippen LogP) is 2.08. The molecule has 1 aromatic carbocycles. The summed E-state index contributed by atoms with van der Waals surface area (Å²) < 4.78 is 22.3. The molecule has 1 rings (SSSR count). The van der Waals surface area contributed by atoms with Crippen LogP contribution in [0.15, 0.2) is 24.3 Å². The number of aliphatic hydroxyl groups is 1. The third kappa shape index (κ3) is 2.63. The number of rotatable bonds is 5. The van der Waals surface area contributed by atoms with Gasteiger partial charge < -0.3 is 10.8 Å². The fourth-order valence-corrected chi connectivity index (χ4v) is 3.60. The molecule has 0 amide bonds. The van der Waals surface area contributed by atoms with E-state index in [1.165, 1.54) is 6.92 Å². The topological polar surface area (TPSA) is 80.4 Å². The molecule has 102 valence electrons. The second-order valence-corrected chi connectivity index (χ2v) is 7.55. The summed E-state index contributed by atoms with van der Waals surface area (Å²) in [6.45, 7) is 3.15. The van der Waals surface area contributed by atoms with Crippen molar-refractivity contribution in [2.75, 3.05) is 11.5 Å². The Morgan fingerprint density at radius 1 is 1.33 bits per heavy atom. The fraction of sp³-hybridized carbons (Fsp3) is 0.500. The Hall–Kier alpha value is -0.780. The molecule has 0 aliphatic rings. The first-order valence-corrected chi connectivity index (χ1v) is 7.76. The van der Waals surface area contributed by atoms with Crippen molar-refractivity contribution in [3.05, 3.63) is 29.8 Å². The van der Waals surface area contributed by atoms with E-state index in [9.17, 15) is 13.5 Å². The molecule has 0 aromatic heterocycles. The van der Waals surface area contributed by atoms with Crippen LogP contribution >= 0.6 is 11.6 Å². The van der Waals surface area contributed by atoms with E-state index in [1.807, 2.05) is 0 Å². The summed E-state index contributed by atoms with van der Waals surface area (Å²) in [4.78, 5) is 0. The van der Waals surface area contributed by atoms with Crippen molar-refractivity contribution >= 4 is 27.1 Å². The number of halogens is 1. The van der Waals surface area contributed by atoms with Gasteiger partial charge in [0.25, 0.3) is 0 Å². The zero-order valence-electron chi connectivity index (χ0n) is 10.4. The SMILES string of the molecule is CC[C@](Cl)([C@H](O)c1ccc(N)cc1)S(=O)(=O)CC. The Kier molecular flexibility index (Phi) is 4.64. The highest BCUT2D eigenvalue weighted by molar-refractivity contribution is 7.94. The maximum Gasteiger partial charge on any atom is 0.175 e. The summed E-state index contributed by atoms with van der Waals surface area (Å²) in [5.41, 5.74) is 6.53. The van der Waals surface area contributed by atoms with Gasteiger partial charge in [0.15, 0.2) is 14.0 Å². The molecule has 1 aromatic rings. The Balaban J connectivity index is 3.21. The van der Waals surface area contributed by atoms with Gasteiger partial charge in [-0.15, -0.1) is 0 Å². The first-order chi connectivity index (χ1) is 8.28. The summed E-state index contributed by atoms with van der Waals surface area (Å²) in [6, 6.07) is 6.37. The zero-order valence-corrected chi connectivity index (χ0v) is 12.0. The van der Waals surface area contributed by atoms with E-state index in [2.05, 4.69) is 0 Å². The van der Waals surface area contributed by atoms with Gasteiger partial charge in [-0.2, -0.15) is 0 Å². The van der Waals surface area contributed by atoms with E-state index in [0.29, 0.717) is 11.3 Å². The zero-order chi connectivity index (χ0) is 14.0. The number of hydrogen-bond acceptors (Lipinski definition) is 4. The summed E-state index contributed by atoms with van der Waals surface area (Å²) in [6.07, 6.45) is -1.16. The van der Waals surface area contributed by atoms with E-state index >= 15 is 0 Å². The normalized spacial score (nSPS) is 17.1. The van der Waals surface area contributed by atoms with Crippen LogP contribution in [0.1, 0.15) is 31.9 Å². The maximum atomic E-state index is 12.0. The summed E-state index contributed by atoms with van der Waals surface area (Å²) in [7, 11) is -3.58. The summed E-state index contributed by atoms with van der Waals surface area (Å²) in [5.74, 6) is -0.115. The first-order valence-electron chi connectivity index (χ1n) is 5.73. The molecule has 0 spiro atoms. The first kappa shape index (κ1) is 15.3. The van der Waals surface area contributed by atoms with Crippen LogP contribution in [-0.4, -0.2) is 23.5 Å². The Labute approximate surface area is 113 Å². The van der Waals surface area contributed by atoms with Gasteiger partial charge in [-0.05, 0) is 24.1 Å². The third-order valence-corrected chi connectivity index (χ3v) is 6.52. The van der Waals surface area contributed by atoms with Crippen LogP contribution in [0.25, 0.3) is 0 Å². The molecule has 0 heterocycles. The molecular formula is C12H18ClNO3S. The molecule has 0 fully saturated rings. The highest BCUT2D eigenvalue weighted by Crippen LogP contribution is 2.40. The Morgan fingerprint density at radius 3 is 2.22 bits per heavy atom. The van der Waals surface area contributed by atoms with Crippen molar-refractivity contribution in [2.45, 2.75) is 30.6 Å². The second kappa shape index (κ2) is 5.47. The average molecular weight is 292 g/mol. The number of hydrogen-bond donors (Lipinski definition) is 2. The smallest absolute Gasteiger partial charge is 0.175 e. The molecule has 0 saturated carbocycles. The third-order valence-electron chi connectivity index (χ3n) is 3.04. The molecule has 18 heavy (non-hydrogen) atoms. The van der Waals surface area contributed by atoms with Crippen LogP contribution in [0.4, 0.5) is 5.69 Å². The van der Waals surface area contributed by atoms with Gasteiger partial charge in [0.05, 0.1) is 0 Å². The molecule has 6 heteroatoms. The lowest BCUT2D eigenvalue weighted by molar-refractivity contribution is 0.154.